The molecule has 2 N–H and O–H groups in total. The number of nitrogens with one attached hydrogen (secondary N) is 2. The number of alkyl carbamates (subject to hydrolysis) is 1. The Balaban J connectivity index is 2.25. The van der Waals surface area contributed by atoms with E-state index in [2.05, 4.69) is 10.1 Å². The molecule has 0 heterocycles. The van der Waals surface area contributed by atoms with Gasteiger partial charge in [0.25, 0.3) is 5.91 Å². The Hall–Kier alpha value is -2.28. The Morgan fingerprint density at radius 1 is 1.12 bits per heavy atom. The van der Waals surface area contributed by atoms with E-state index in [1.54, 1.807) is 14.0 Å². The number of benzene rings is 1. The number of quaternary nitrogens is 1. The third-order valence-electron chi connectivity index (χ3n) is 3.43. The van der Waals surface area contributed by atoms with E-state index in [4.69, 9.17) is 9.47 Å². The summed E-state index contributed by atoms with van der Waals surface area (Å²) in [5, 5.41) is 2.21. The third kappa shape index (κ3) is 7.82. The number of carbonyl (C=O) groups is 2. The Kier molecular flexibility index (Phi) is 9.29. The summed E-state index contributed by atoms with van der Waals surface area (Å²) in [6.45, 7) is 6.30. The first-order chi connectivity index (χ1) is 11.6. The van der Waals surface area contributed by atoms with Gasteiger partial charge in [0.2, 0.25) is 0 Å². The van der Waals surface area contributed by atoms with Crippen molar-refractivity contribution in [2.45, 2.75) is 20.3 Å². The van der Waals surface area contributed by atoms with Gasteiger partial charge >= 0.3 is 6.09 Å². The molecule has 0 aliphatic rings. The molecule has 0 saturated carbocycles. The molecule has 0 saturated heterocycles. The summed E-state index contributed by atoms with van der Waals surface area (Å²) in [7, 11) is 1.62. The lowest BCUT2D eigenvalue weighted by atomic mass is 10.3. The van der Waals surface area contributed by atoms with Crippen molar-refractivity contribution in [3.8, 4) is 11.5 Å². The molecule has 134 valence electrons. The van der Waals surface area contributed by atoms with Crippen LogP contribution >= 0.6 is 0 Å². The zero-order chi connectivity index (χ0) is 17.8. The van der Waals surface area contributed by atoms with Gasteiger partial charge in [0.1, 0.15) is 11.5 Å². The molecule has 1 aromatic rings. The van der Waals surface area contributed by atoms with E-state index in [1.165, 1.54) is 0 Å². The molecule has 24 heavy (non-hydrogen) atoms. The second-order valence-electron chi connectivity index (χ2n) is 5.18. The summed E-state index contributed by atoms with van der Waals surface area (Å²) in [4.78, 5) is 24.0. The molecule has 0 aliphatic carbocycles. The molecule has 0 aromatic heterocycles. The van der Waals surface area contributed by atoms with Crippen LogP contribution in [-0.4, -0.2) is 52.0 Å². The standard InChI is InChI=1S/C17H26N2O5/c1-4-19(13-16(20)18-17(21)23-5-2)11-6-12-24-15-9-7-14(22-3)8-10-15/h7-10H,4-6,11-13H2,1-3H3,(H,18,20,21)/p+1. The number of imide groups is 1. The summed E-state index contributed by atoms with van der Waals surface area (Å²) in [6.07, 6.45) is 0.114. The first-order valence-electron chi connectivity index (χ1n) is 8.16. The third-order valence-corrected chi connectivity index (χ3v) is 3.43. The fourth-order valence-electron chi connectivity index (χ4n) is 2.13. The van der Waals surface area contributed by atoms with Gasteiger partial charge in [-0.1, -0.05) is 0 Å². The molecule has 0 fully saturated rings. The van der Waals surface area contributed by atoms with E-state index in [-0.39, 0.29) is 19.1 Å². The van der Waals surface area contributed by atoms with Crippen LogP contribution in [0, 0.1) is 0 Å². The molecule has 0 radical (unpaired) electrons. The monoisotopic (exact) mass is 339 g/mol. The second-order valence-corrected chi connectivity index (χ2v) is 5.18. The van der Waals surface area contributed by atoms with E-state index >= 15 is 0 Å². The maximum Gasteiger partial charge on any atom is 0.414 e. The van der Waals surface area contributed by atoms with Crippen LogP contribution in [0.25, 0.3) is 0 Å². The maximum absolute atomic E-state index is 11.7. The van der Waals surface area contributed by atoms with E-state index in [0.29, 0.717) is 6.61 Å². The number of likely N-dealkylation sites (N-methyl/N-ethyl adjacent to an activating group) is 1. The van der Waals surface area contributed by atoms with Crippen LogP contribution < -0.4 is 19.7 Å². The topological polar surface area (TPSA) is 78.3 Å². The Bertz CT molecular complexity index is 504. The van der Waals surface area contributed by atoms with Crippen molar-refractivity contribution in [1.82, 2.24) is 5.32 Å². The van der Waals surface area contributed by atoms with Crippen LogP contribution in [0.2, 0.25) is 0 Å². The van der Waals surface area contributed by atoms with E-state index < -0.39 is 6.09 Å². The van der Waals surface area contributed by atoms with Crippen molar-refractivity contribution >= 4 is 12.0 Å². The predicted octanol–water partition coefficient (Wildman–Crippen LogP) is 0.642. The average Bonchev–Trinajstić information content (AvgIpc) is 2.58. The summed E-state index contributed by atoms with van der Waals surface area (Å²) in [5.74, 6) is 1.24. The number of hydrogen-bond acceptors (Lipinski definition) is 5. The fraction of sp³-hybridized carbons (Fsp3) is 0.529. The van der Waals surface area contributed by atoms with Gasteiger partial charge in [-0.15, -0.1) is 0 Å². The molecular formula is C17H27N2O5+. The molecule has 7 nitrogen and oxygen atoms in total. The Morgan fingerprint density at radius 2 is 1.79 bits per heavy atom. The molecule has 7 heteroatoms. The highest BCUT2D eigenvalue weighted by Gasteiger charge is 2.15. The van der Waals surface area contributed by atoms with Crippen molar-refractivity contribution in [2.75, 3.05) is 40.0 Å². The first kappa shape index (κ1) is 19.8. The highest BCUT2D eigenvalue weighted by Crippen LogP contribution is 2.16. The van der Waals surface area contributed by atoms with Gasteiger partial charge in [-0.05, 0) is 38.1 Å². The molecule has 1 aromatic carbocycles. The van der Waals surface area contributed by atoms with Gasteiger partial charge in [0, 0.05) is 6.42 Å². The molecule has 0 bridgehead atoms. The Labute approximate surface area is 142 Å². The number of rotatable bonds is 10. The maximum atomic E-state index is 11.7. The first-order valence-corrected chi connectivity index (χ1v) is 8.16. The SMILES string of the molecule is CCOC(=O)NC(=O)C[NH+](CC)CCCOc1ccc(OC)cc1. The molecule has 1 unspecified atom stereocenters. The number of ether oxygens (including phenoxy) is 3. The summed E-state index contributed by atoms with van der Waals surface area (Å²) >= 11 is 0. The Morgan fingerprint density at radius 3 is 2.38 bits per heavy atom. The van der Waals surface area contributed by atoms with E-state index in [1.807, 2.05) is 31.2 Å². The minimum atomic E-state index is -0.694. The van der Waals surface area contributed by atoms with Crippen molar-refractivity contribution < 1.29 is 28.7 Å². The molecule has 2 amide bonds. The van der Waals surface area contributed by atoms with Gasteiger partial charge in [-0.2, -0.15) is 0 Å². The smallest absolute Gasteiger partial charge is 0.414 e. The van der Waals surface area contributed by atoms with Crippen molar-refractivity contribution in [3.05, 3.63) is 24.3 Å². The van der Waals surface area contributed by atoms with Crippen LogP contribution in [-0.2, 0) is 9.53 Å². The van der Waals surface area contributed by atoms with Gasteiger partial charge in [0.05, 0.1) is 33.4 Å². The lowest BCUT2D eigenvalue weighted by Gasteiger charge is -2.17. The lowest BCUT2D eigenvalue weighted by Crippen LogP contribution is -3.13. The number of carbonyl (C=O) groups excluding carboxylic acids is 2. The number of methoxy groups -OCH3 is 1. The summed E-state index contributed by atoms with van der Waals surface area (Å²) in [6, 6.07) is 7.41. The quantitative estimate of drug-likeness (QED) is 0.612. The highest BCUT2D eigenvalue weighted by molar-refractivity contribution is 5.92. The van der Waals surface area contributed by atoms with Crippen LogP contribution in [0.1, 0.15) is 20.3 Å². The zero-order valence-electron chi connectivity index (χ0n) is 14.6. The van der Waals surface area contributed by atoms with Crippen molar-refractivity contribution in [3.63, 3.8) is 0 Å². The number of hydrogen-bond donors (Lipinski definition) is 2. The van der Waals surface area contributed by atoms with Gasteiger partial charge < -0.3 is 19.1 Å². The fourth-order valence-corrected chi connectivity index (χ4v) is 2.13. The van der Waals surface area contributed by atoms with Crippen LogP contribution in [0.4, 0.5) is 4.79 Å². The molecule has 1 rings (SSSR count). The van der Waals surface area contributed by atoms with E-state index in [0.717, 1.165) is 35.9 Å². The summed E-state index contributed by atoms with van der Waals surface area (Å²) < 4.78 is 15.4. The number of amides is 2. The average molecular weight is 339 g/mol. The lowest BCUT2D eigenvalue weighted by molar-refractivity contribution is -0.890. The van der Waals surface area contributed by atoms with Crippen LogP contribution in [0.5, 0.6) is 11.5 Å². The summed E-state index contributed by atoms with van der Waals surface area (Å²) in [5.41, 5.74) is 0. The molecular weight excluding hydrogens is 312 g/mol. The van der Waals surface area contributed by atoms with Crippen LogP contribution in [0.15, 0.2) is 24.3 Å². The van der Waals surface area contributed by atoms with Gasteiger partial charge in [-0.25, -0.2) is 4.79 Å². The minimum Gasteiger partial charge on any atom is -0.497 e. The van der Waals surface area contributed by atoms with E-state index in [9.17, 15) is 9.59 Å². The minimum absolute atomic E-state index is 0.234. The predicted molar refractivity (Wildman–Crippen MR) is 89.5 cm³/mol. The van der Waals surface area contributed by atoms with Crippen LogP contribution in [0.3, 0.4) is 0 Å². The van der Waals surface area contributed by atoms with Crippen molar-refractivity contribution in [2.24, 2.45) is 0 Å². The molecule has 0 aliphatic heterocycles. The molecule has 1 atom stereocenters. The second kappa shape index (κ2) is 11.3. The zero-order valence-corrected chi connectivity index (χ0v) is 14.6. The van der Waals surface area contributed by atoms with Gasteiger partial charge in [0.15, 0.2) is 6.54 Å². The normalized spacial score (nSPS) is 11.5. The van der Waals surface area contributed by atoms with Gasteiger partial charge in [-0.3, -0.25) is 10.1 Å². The molecule has 0 spiro atoms. The van der Waals surface area contributed by atoms with Crippen molar-refractivity contribution in [1.29, 1.82) is 0 Å². The highest BCUT2D eigenvalue weighted by atomic mass is 16.5. The largest absolute Gasteiger partial charge is 0.497 e.